The largest absolute Gasteiger partial charge is 0.486 e. The second-order valence-corrected chi connectivity index (χ2v) is 5.89. The first-order valence-electron chi connectivity index (χ1n) is 6.22. The van der Waals surface area contributed by atoms with Crippen LogP contribution in [0.5, 0.6) is 11.5 Å². The Morgan fingerprint density at radius 1 is 1.24 bits per heavy atom. The molecule has 2 aromatic rings. The summed E-state index contributed by atoms with van der Waals surface area (Å²) in [6.45, 7) is 0.267. The summed E-state index contributed by atoms with van der Waals surface area (Å²) in [7, 11) is -3.84. The van der Waals surface area contributed by atoms with Gasteiger partial charge in [0.1, 0.15) is 6.61 Å². The van der Waals surface area contributed by atoms with E-state index in [1.165, 1.54) is 6.07 Å². The van der Waals surface area contributed by atoms with E-state index in [0.29, 0.717) is 5.56 Å². The van der Waals surface area contributed by atoms with Gasteiger partial charge in [0.25, 0.3) is 0 Å². The van der Waals surface area contributed by atoms with Crippen molar-refractivity contribution < 1.29 is 21.7 Å². The van der Waals surface area contributed by atoms with Crippen molar-refractivity contribution in [1.82, 2.24) is 4.72 Å². The Morgan fingerprint density at radius 2 is 2.00 bits per heavy atom. The molecule has 0 aromatic heterocycles. The summed E-state index contributed by atoms with van der Waals surface area (Å²) in [6.07, 6.45) is 0. The molecule has 0 bridgehead atoms. The Bertz CT molecular complexity index is 762. The van der Waals surface area contributed by atoms with Crippen LogP contribution in [0, 0.1) is 5.82 Å². The third-order valence-electron chi connectivity index (χ3n) is 2.99. The van der Waals surface area contributed by atoms with Crippen LogP contribution in [0.1, 0.15) is 11.1 Å². The van der Waals surface area contributed by atoms with Crippen LogP contribution in [0.2, 0.25) is 0 Å². The molecule has 7 heteroatoms. The lowest BCUT2D eigenvalue weighted by Crippen LogP contribution is -2.32. The van der Waals surface area contributed by atoms with Crippen molar-refractivity contribution in [2.24, 2.45) is 0 Å². The van der Waals surface area contributed by atoms with Crippen LogP contribution in [0.15, 0.2) is 42.5 Å². The molecule has 3 rings (SSSR count). The van der Waals surface area contributed by atoms with Crippen molar-refractivity contribution in [3.05, 3.63) is 59.4 Å². The molecule has 0 saturated carbocycles. The molecule has 21 heavy (non-hydrogen) atoms. The van der Waals surface area contributed by atoms with Crippen LogP contribution in [-0.4, -0.2) is 8.42 Å². The third kappa shape index (κ3) is 3.14. The summed E-state index contributed by atoms with van der Waals surface area (Å²) in [5.41, 5.74) is 1.43. The highest BCUT2D eigenvalue weighted by molar-refractivity contribution is 7.85. The third-order valence-corrected chi connectivity index (χ3v) is 3.89. The molecule has 2 aromatic carbocycles. The van der Waals surface area contributed by atoms with Crippen LogP contribution in [0.3, 0.4) is 0 Å². The zero-order chi connectivity index (χ0) is 14.9. The Balaban J connectivity index is 1.81. The first-order valence-corrected chi connectivity index (χ1v) is 7.62. The van der Waals surface area contributed by atoms with E-state index in [4.69, 9.17) is 4.74 Å². The number of fused-ring (bicyclic) bond motifs is 1. The zero-order valence-electron chi connectivity index (χ0n) is 10.9. The lowest BCUT2D eigenvalue weighted by molar-refractivity contribution is 0.289. The van der Waals surface area contributed by atoms with Crippen molar-refractivity contribution in [2.45, 2.75) is 13.2 Å². The molecule has 0 fully saturated rings. The molecule has 0 radical (unpaired) electrons. The first kappa shape index (κ1) is 13.8. The number of benzene rings is 2. The Morgan fingerprint density at radius 3 is 2.76 bits per heavy atom. The predicted molar refractivity (Wildman–Crippen MR) is 73.6 cm³/mol. The van der Waals surface area contributed by atoms with Gasteiger partial charge in [-0.15, -0.1) is 0 Å². The molecule has 1 heterocycles. The van der Waals surface area contributed by atoms with Gasteiger partial charge in [0.05, 0.1) is 0 Å². The second kappa shape index (κ2) is 5.34. The SMILES string of the molecule is O=S1(=O)NCc2cc(OCc3ccccc3)c(F)cc2O1. The number of ether oxygens (including phenoxy) is 1. The van der Waals surface area contributed by atoms with Gasteiger partial charge in [-0.3, -0.25) is 0 Å². The molecule has 1 aliphatic heterocycles. The van der Waals surface area contributed by atoms with E-state index in [9.17, 15) is 12.8 Å². The maximum atomic E-state index is 13.9. The molecule has 1 N–H and O–H groups in total. The summed E-state index contributed by atoms with van der Waals surface area (Å²) in [5.74, 6) is -0.623. The monoisotopic (exact) mass is 309 g/mol. The van der Waals surface area contributed by atoms with Gasteiger partial charge in [0.2, 0.25) is 0 Å². The number of rotatable bonds is 3. The average molecular weight is 309 g/mol. The van der Waals surface area contributed by atoms with Crippen molar-refractivity contribution in [3.8, 4) is 11.5 Å². The highest BCUT2D eigenvalue weighted by Gasteiger charge is 2.24. The molecule has 0 amide bonds. The Kier molecular flexibility index (Phi) is 3.52. The van der Waals surface area contributed by atoms with E-state index in [2.05, 4.69) is 8.91 Å². The van der Waals surface area contributed by atoms with Gasteiger partial charge in [0.15, 0.2) is 17.3 Å². The average Bonchev–Trinajstić information content (AvgIpc) is 2.45. The maximum Gasteiger partial charge on any atom is 0.382 e. The molecule has 0 atom stereocenters. The molecular weight excluding hydrogens is 297 g/mol. The standard InChI is InChI=1S/C14H12FNO4S/c15-12-7-13-11(8-16-21(17,18)20-13)6-14(12)19-9-10-4-2-1-3-5-10/h1-7,16H,8-9H2. The van der Waals surface area contributed by atoms with E-state index in [1.807, 2.05) is 30.3 Å². The van der Waals surface area contributed by atoms with Gasteiger partial charge in [-0.05, 0) is 11.6 Å². The fourth-order valence-corrected chi connectivity index (χ4v) is 2.74. The van der Waals surface area contributed by atoms with E-state index in [1.54, 1.807) is 0 Å². The van der Waals surface area contributed by atoms with Crippen LogP contribution < -0.4 is 13.6 Å². The van der Waals surface area contributed by atoms with Gasteiger partial charge < -0.3 is 8.92 Å². The van der Waals surface area contributed by atoms with E-state index < -0.39 is 16.1 Å². The van der Waals surface area contributed by atoms with Gasteiger partial charge in [-0.2, -0.15) is 13.1 Å². The highest BCUT2D eigenvalue weighted by Crippen LogP contribution is 2.31. The summed E-state index contributed by atoms with van der Waals surface area (Å²) >= 11 is 0. The van der Waals surface area contributed by atoms with E-state index in [0.717, 1.165) is 11.6 Å². The Hall–Kier alpha value is -2.12. The lowest BCUT2D eigenvalue weighted by atomic mass is 10.2. The van der Waals surface area contributed by atoms with Gasteiger partial charge in [-0.25, -0.2) is 4.39 Å². The van der Waals surface area contributed by atoms with Crippen molar-refractivity contribution in [2.75, 3.05) is 0 Å². The molecule has 0 aliphatic carbocycles. The van der Waals surface area contributed by atoms with Crippen LogP contribution in [-0.2, 0) is 23.5 Å². The summed E-state index contributed by atoms with van der Waals surface area (Å²) in [4.78, 5) is 0. The lowest BCUT2D eigenvalue weighted by Gasteiger charge is -2.19. The minimum absolute atomic E-state index is 0.0155. The van der Waals surface area contributed by atoms with Gasteiger partial charge in [0, 0.05) is 18.2 Å². The summed E-state index contributed by atoms with van der Waals surface area (Å²) in [6, 6.07) is 11.8. The van der Waals surface area contributed by atoms with E-state index >= 15 is 0 Å². The minimum atomic E-state index is -3.84. The van der Waals surface area contributed by atoms with Crippen molar-refractivity contribution in [3.63, 3.8) is 0 Å². The number of hydrogen-bond donors (Lipinski definition) is 1. The molecule has 1 aliphatic rings. The molecule has 5 nitrogen and oxygen atoms in total. The van der Waals surface area contributed by atoms with Crippen molar-refractivity contribution >= 4 is 10.3 Å². The zero-order valence-corrected chi connectivity index (χ0v) is 11.7. The minimum Gasteiger partial charge on any atom is -0.486 e. The first-order chi connectivity index (χ1) is 10.0. The maximum absolute atomic E-state index is 13.9. The molecular formula is C14H12FNO4S. The summed E-state index contributed by atoms with van der Waals surface area (Å²) < 4.78 is 48.7. The molecule has 110 valence electrons. The Labute approximate surface area is 121 Å². The fraction of sp³-hybridized carbons (Fsp3) is 0.143. The van der Waals surface area contributed by atoms with Crippen LogP contribution >= 0.6 is 0 Å². The predicted octanol–water partition coefficient (Wildman–Crippen LogP) is 2.13. The highest BCUT2D eigenvalue weighted by atomic mass is 32.2. The molecule has 0 spiro atoms. The van der Waals surface area contributed by atoms with E-state index in [-0.39, 0.29) is 24.7 Å². The number of nitrogens with one attached hydrogen (secondary N) is 1. The second-order valence-electron chi connectivity index (χ2n) is 4.52. The number of halogens is 1. The topological polar surface area (TPSA) is 64.6 Å². The molecule has 0 saturated heterocycles. The van der Waals surface area contributed by atoms with Crippen LogP contribution in [0.4, 0.5) is 4.39 Å². The quantitative estimate of drug-likeness (QED) is 0.943. The van der Waals surface area contributed by atoms with Gasteiger partial charge in [-0.1, -0.05) is 30.3 Å². The van der Waals surface area contributed by atoms with Crippen LogP contribution in [0.25, 0.3) is 0 Å². The normalized spacial score (nSPS) is 15.9. The summed E-state index contributed by atoms with van der Waals surface area (Å²) in [5, 5.41) is 0. The number of hydrogen-bond acceptors (Lipinski definition) is 4. The van der Waals surface area contributed by atoms with Crippen molar-refractivity contribution in [1.29, 1.82) is 0 Å². The smallest absolute Gasteiger partial charge is 0.382 e. The fourth-order valence-electron chi connectivity index (χ4n) is 1.95. The van der Waals surface area contributed by atoms with Gasteiger partial charge >= 0.3 is 10.3 Å². The molecule has 0 unspecified atom stereocenters.